The van der Waals surface area contributed by atoms with Crippen molar-refractivity contribution in [2.24, 2.45) is 0 Å². The van der Waals surface area contributed by atoms with Crippen LogP contribution < -0.4 is 4.72 Å². The molecule has 0 bridgehead atoms. The highest BCUT2D eigenvalue weighted by molar-refractivity contribution is 7.89. The molecule has 0 unspecified atom stereocenters. The highest BCUT2D eigenvalue weighted by atomic mass is 35.5. The molecule has 30 heavy (non-hydrogen) atoms. The number of hydrogen-bond donors (Lipinski definition) is 1. The van der Waals surface area contributed by atoms with Gasteiger partial charge in [-0.15, -0.1) is 0 Å². The maximum atomic E-state index is 12.8. The molecular weight excluding hydrogens is 424 g/mol. The second kappa shape index (κ2) is 9.65. The van der Waals surface area contributed by atoms with E-state index in [-0.39, 0.29) is 23.4 Å². The molecule has 7 nitrogen and oxygen atoms in total. The third-order valence-electron chi connectivity index (χ3n) is 6.30. The van der Waals surface area contributed by atoms with Crippen LogP contribution in [0.15, 0.2) is 29.2 Å². The van der Waals surface area contributed by atoms with Gasteiger partial charge >= 0.3 is 0 Å². The van der Waals surface area contributed by atoms with E-state index in [0.717, 1.165) is 32.1 Å². The Hall–Kier alpha value is -1.66. The first-order valence-electron chi connectivity index (χ1n) is 10.4. The maximum absolute atomic E-state index is 12.8. The van der Waals surface area contributed by atoms with Crippen LogP contribution in [0, 0.1) is 11.3 Å². The largest absolute Gasteiger partial charge is 0.326 e. The van der Waals surface area contributed by atoms with Crippen molar-refractivity contribution in [3.8, 4) is 6.07 Å². The SMILES string of the molecule is CN(C(=O)CN1CCC(NS(=O)(=O)c2ccc(Cl)cc2)CC1)C1(C#N)CCCCC1. The number of likely N-dealkylation sites (tertiary alicyclic amines) is 1. The number of amides is 1. The Bertz CT molecular complexity index is 884. The predicted octanol–water partition coefficient (Wildman–Crippen LogP) is 2.77. The Morgan fingerprint density at radius 2 is 1.83 bits per heavy atom. The molecule has 0 atom stereocenters. The Balaban J connectivity index is 1.51. The molecule has 2 fully saturated rings. The van der Waals surface area contributed by atoms with Crippen molar-refractivity contribution in [2.75, 3.05) is 26.7 Å². The van der Waals surface area contributed by atoms with Crippen molar-refractivity contribution in [3.63, 3.8) is 0 Å². The number of nitrogens with one attached hydrogen (secondary N) is 1. The van der Waals surface area contributed by atoms with E-state index in [9.17, 15) is 18.5 Å². The molecular formula is C21H29ClN4O3S. The Labute approximate surface area is 184 Å². The number of carbonyl (C=O) groups excluding carboxylic acids is 1. The van der Waals surface area contributed by atoms with Crippen LogP contribution in [0.2, 0.25) is 5.02 Å². The summed E-state index contributed by atoms with van der Waals surface area (Å²) in [6.45, 7) is 1.52. The number of nitriles is 1. The van der Waals surface area contributed by atoms with Gasteiger partial charge in [-0.05, 0) is 49.9 Å². The normalized spacial score (nSPS) is 20.4. The van der Waals surface area contributed by atoms with E-state index in [4.69, 9.17) is 11.6 Å². The number of hydrogen-bond acceptors (Lipinski definition) is 5. The number of halogens is 1. The van der Waals surface area contributed by atoms with E-state index in [0.29, 0.717) is 31.0 Å². The van der Waals surface area contributed by atoms with Gasteiger partial charge in [0.25, 0.3) is 0 Å². The van der Waals surface area contributed by atoms with E-state index < -0.39 is 15.6 Å². The number of rotatable bonds is 6. The minimum Gasteiger partial charge on any atom is -0.326 e. The zero-order chi connectivity index (χ0) is 21.8. The van der Waals surface area contributed by atoms with Crippen molar-refractivity contribution in [1.82, 2.24) is 14.5 Å². The van der Waals surface area contributed by atoms with Crippen LogP contribution in [0.25, 0.3) is 0 Å². The Morgan fingerprint density at radius 1 is 1.23 bits per heavy atom. The lowest BCUT2D eigenvalue weighted by Crippen LogP contribution is -2.54. The average molecular weight is 453 g/mol. The van der Waals surface area contributed by atoms with Crippen LogP contribution in [-0.2, 0) is 14.8 Å². The third kappa shape index (κ3) is 5.33. The number of carbonyl (C=O) groups is 1. The molecule has 1 aliphatic heterocycles. The van der Waals surface area contributed by atoms with Crippen LogP contribution in [0.4, 0.5) is 0 Å². The summed E-state index contributed by atoms with van der Waals surface area (Å²) in [6.07, 6.45) is 5.81. The standard InChI is InChI=1S/C21H29ClN4O3S/c1-25(21(16-23)11-3-2-4-12-21)20(27)15-26-13-9-18(10-14-26)24-30(28,29)19-7-5-17(22)6-8-19/h5-8,18,24H,2-4,9-15H2,1H3. The number of benzene rings is 1. The van der Waals surface area contributed by atoms with Gasteiger partial charge in [0.1, 0.15) is 5.54 Å². The van der Waals surface area contributed by atoms with Gasteiger partial charge in [0.2, 0.25) is 15.9 Å². The summed E-state index contributed by atoms with van der Waals surface area (Å²) in [5.74, 6) is -0.0429. The van der Waals surface area contributed by atoms with Crippen molar-refractivity contribution in [3.05, 3.63) is 29.3 Å². The van der Waals surface area contributed by atoms with Gasteiger partial charge in [-0.25, -0.2) is 13.1 Å². The van der Waals surface area contributed by atoms with Gasteiger partial charge < -0.3 is 4.90 Å². The molecule has 3 rings (SSSR count). The van der Waals surface area contributed by atoms with Crippen molar-refractivity contribution < 1.29 is 13.2 Å². The Morgan fingerprint density at radius 3 is 2.40 bits per heavy atom. The molecule has 9 heteroatoms. The quantitative estimate of drug-likeness (QED) is 0.716. The topological polar surface area (TPSA) is 93.5 Å². The van der Waals surface area contributed by atoms with Crippen molar-refractivity contribution in [2.45, 2.75) is 61.4 Å². The zero-order valence-electron chi connectivity index (χ0n) is 17.3. The highest BCUT2D eigenvalue weighted by Gasteiger charge is 2.39. The summed E-state index contributed by atoms with van der Waals surface area (Å²) < 4.78 is 27.8. The van der Waals surface area contributed by atoms with E-state index in [1.165, 1.54) is 12.1 Å². The molecule has 1 aromatic rings. The van der Waals surface area contributed by atoms with Crippen LogP contribution in [0.1, 0.15) is 44.9 Å². The first-order valence-corrected chi connectivity index (χ1v) is 12.3. The van der Waals surface area contributed by atoms with E-state index >= 15 is 0 Å². The lowest BCUT2D eigenvalue weighted by atomic mass is 9.81. The maximum Gasteiger partial charge on any atom is 0.240 e. The summed E-state index contributed by atoms with van der Waals surface area (Å²) >= 11 is 5.83. The summed E-state index contributed by atoms with van der Waals surface area (Å²) in [6, 6.07) is 8.32. The molecule has 1 saturated heterocycles. The molecule has 164 valence electrons. The first-order chi connectivity index (χ1) is 14.3. The molecule has 1 aromatic carbocycles. The van der Waals surface area contributed by atoms with Gasteiger partial charge in [-0.1, -0.05) is 30.9 Å². The van der Waals surface area contributed by atoms with Gasteiger partial charge in [-0.3, -0.25) is 9.69 Å². The van der Waals surface area contributed by atoms with Gasteiger partial charge in [0.15, 0.2) is 0 Å². The average Bonchev–Trinajstić information content (AvgIpc) is 2.75. The number of piperidine rings is 1. The molecule has 1 saturated carbocycles. The Kier molecular flexibility index (Phi) is 7.40. The second-order valence-corrected chi connectivity index (χ2v) is 10.4. The summed E-state index contributed by atoms with van der Waals surface area (Å²) in [7, 11) is -1.86. The molecule has 1 amide bonds. The van der Waals surface area contributed by atoms with Crippen molar-refractivity contribution >= 4 is 27.5 Å². The van der Waals surface area contributed by atoms with Crippen LogP contribution in [0.5, 0.6) is 0 Å². The molecule has 0 radical (unpaired) electrons. The zero-order valence-corrected chi connectivity index (χ0v) is 18.9. The van der Waals surface area contributed by atoms with Crippen molar-refractivity contribution in [1.29, 1.82) is 5.26 Å². The van der Waals surface area contributed by atoms with Gasteiger partial charge in [0.05, 0.1) is 17.5 Å². The molecule has 0 spiro atoms. The number of nitrogens with zero attached hydrogens (tertiary/aromatic N) is 3. The molecule has 1 heterocycles. The smallest absolute Gasteiger partial charge is 0.240 e. The number of likely N-dealkylation sites (N-methyl/N-ethyl adjacent to an activating group) is 1. The van der Waals surface area contributed by atoms with E-state index in [1.807, 2.05) is 4.90 Å². The monoisotopic (exact) mass is 452 g/mol. The minimum absolute atomic E-state index is 0.0429. The lowest BCUT2D eigenvalue weighted by Gasteiger charge is -2.40. The van der Waals surface area contributed by atoms with Gasteiger partial charge in [0, 0.05) is 31.2 Å². The van der Waals surface area contributed by atoms with Crippen LogP contribution in [-0.4, -0.2) is 62.4 Å². The minimum atomic E-state index is -3.60. The molecule has 1 aliphatic carbocycles. The summed E-state index contributed by atoms with van der Waals surface area (Å²) in [5, 5.41) is 10.2. The van der Waals surface area contributed by atoms with Crippen LogP contribution in [0.3, 0.4) is 0 Å². The summed E-state index contributed by atoms with van der Waals surface area (Å²) in [4.78, 5) is 16.7. The van der Waals surface area contributed by atoms with E-state index in [1.54, 1.807) is 24.1 Å². The van der Waals surface area contributed by atoms with E-state index in [2.05, 4.69) is 10.8 Å². The number of sulfonamides is 1. The molecule has 1 N–H and O–H groups in total. The molecule has 0 aromatic heterocycles. The predicted molar refractivity (Wildman–Crippen MR) is 115 cm³/mol. The fourth-order valence-corrected chi connectivity index (χ4v) is 5.74. The highest BCUT2D eigenvalue weighted by Crippen LogP contribution is 2.32. The lowest BCUT2D eigenvalue weighted by molar-refractivity contribution is -0.136. The fraction of sp³-hybridized carbons (Fsp3) is 0.619. The van der Waals surface area contributed by atoms with Gasteiger partial charge in [-0.2, -0.15) is 5.26 Å². The van der Waals surface area contributed by atoms with Crippen LogP contribution >= 0.6 is 11.6 Å². The third-order valence-corrected chi connectivity index (χ3v) is 8.09. The first kappa shape index (κ1) is 23.0. The fourth-order valence-electron chi connectivity index (χ4n) is 4.31. The molecule has 2 aliphatic rings. The second-order valence-electron chi connectivity index (χ2n) is 8.28. The summed E-state index contributed by atoms with van der Waals surface area (Å²) in [5.41, 5.74) is -0.679.